The first kappa shape index (κ1) is 34.5. The van der Waals surface area contributed by atoms with Gasteiger partial charge in [-0.05, 0) is 143 Å². The molecular weight excluding hydrogens is 743 g/mol. The number of hydrogen-bond donors (Lipinski definition) is 0. The van der Waals surface area contributed by atoms with E-state index in [4.69, 9.17) is 0 Å². The molecule has 1 aromatic heterocycles. The van der Waals surface area contributed by atoms with E-state index in [0.717, 1.165) is 17.1 Å². The fraction of sp³-hybridized carbons (Fsp3) is 0. The molecule has 0 amide bonds. The van der Waals surface area contributed by atoms with Crippen LogP contribution in [-0.2, 0) is 0 Å². The molecule has 12 aromatic rings. The van der Waals surface area contributed by atoms with Crippen LogP contribution in [0.25, 0.3) is 96.6 Å². The molecule has 0 spiro atoms. The van der Waals surface area contributed by atoms with E-state index < -0.39 is 0 Å². The van der Waals surface area contributed by atoms with Crippen LogP contribution < -0.4 is 4.90 Å². The molecule has 0 bridgehead atoms. The van der Waals surface area contributed by atoms with Gasteiger partial charge in [-0.2, -0.15) is 0 Å². The van der Waals surface area contributed by atoms with E-state index in [0.29, 0.717) is 0 Å². The Hall–Kier alpha value is -7.52. The van der Waals surface area contributed by atoms with Crippen molar-refractivity contribution in [3.05, 3.63) is 224 Å². The maximum Gasteiger partial charge on any atom is 0.0467 e. The molecule has 0 N–H and O–H groups in total. The Morgan fingerprint density at radius 2 is 0.717 bits per heavy atom. The number of fused-ring (bicyclic) bond motifs is 9. The van der Waals surface area contributed by atoms with Gasteiger partial charge in [0.25, 0.3) is 0 Å². The van der Waals surface area contributed by atoms with Crippen LogP contribution in [0.4, 0.5) is 17.1 Å². The van der Waals surface area contributed by atoms with Crippen molar-refractivity contribution in [3.63, 3.8) is 0 Å². The molecule has 0 aliphatic carbocycles. The first-order valence-corrected chi connectivity index (χ1v) is 21.4. The summed E-state index contributed by atoms with van der Waals surface area (Å²) in [5.74, 6) is 0. The average Bonchev–Trinajstić information content (AvgIpc) is 3.70. The van der Waals surface area contributed by atoms with Crippen molar-refractivity contribution < 1.29 is 0 Å². The zero-order valence-corrected chi connectivity index (χ0v) is 33.5. The van der Waals surface area contributed by atoms with E-state index in [9.17, 15) is 0 Å². The number of thiophene rings is 1. The van der Waals surface area contributed by atoms with Gasteiger partial charge in [-0.25, -0.2) is 0 Å². The fourth-order valence-corrected chi connectivity index (χ4v) is 10.5. The van der Waals surface area contributed by atoms with Crippen molar-refractivity contribution in [1.29, 1.82) is 0 Å². The Morgan fingerprint density at radius 1 is 0.250 bits per heavy atom. The number of anilines is 3. The van der Waals surface area contributed by atoms with Gasteiger partial charge >= 0.3 is 0 Å². The van der Waals surface area contributed by atoms with E-state index >= 15 is 0 Å². The summed E-state index contributed by atoms with van der Waals surface area (Å²) in [6.07, 6.45) is 0. The lowest BCUT2D eigenvalue weighted by Gasteiger charge is -2.27. The van der Waals surface area contributed by atoms with Crippen LogP contribution in [0.2, 0.25) is 0 Å². The number of rotatable bonds is 6. The summed E-state index contributed by atoms with van der Waals surface area (Å²) in [7, 11) is 0. The Balaban J connectivity index is 1.02. The zero-order valence-electron chi connectivity index (χ0n) is 32.7. The molecule has 11 aromatic carbocycles. The number of benzene rings is 11. The first-order valence-electron chi connectivity index (χ1n) is 20.6. The molecule has 280 valence electrons. The lowest BCUT2D eigenvalue weighted by molar-refractivity contribution is 1.28. The molecule has 0 saturated heterocycles. The fourth-order valence-electron chi connectivity index (χ4n) is 9.37. The predicted octanol–water partition coefficient (Wildman–Crippen LogP) is 17.1. The summed E-state index contributed by atoms with van der Waals surface area (Å²) in [4.78, 5) is 2.42. The predicted molar refractivity (Wildman–Crippen MR) is 260 cm³/mol. The monoisotopic (exact) mass is 779 g/mol. The van der Waals surface area contributed by atoms with Crippen LogP contribution in [-0.4, -0.2) is 0 Å². The SMILES string of the molecule is c1cc(-c2cc3ccccc3c3ccccc23)cc(N(c2ccc(-c3ccc4sc5ccccc5c4c3)cc2)c2cccc(-c3cc4ccccc4c4ccccc34)c2)c1. The molecule has 0 aliphatic rings. The standard InChI is InChI=1S/C58H37NS/c1-3-19-47-42(13-1)36-54(51-23-7-5-21-49(47)51)40-15-11-17-45(33-40)59(44-30-27-38(28-31-44)39-29-32-58-56(35-39)53-25-9-10-26-57(53)60-58)46-18-12-16-41(34-46)55-37-43-14-2-4-20-48(43)50-22-6-8-24-52(50)55/h1-37H. The molecule has 0 saturated carbocycles. The molecule has 60 heavy (non-hydrogen) atoms. The maximum absolute atomic E-state index is 2.42. The summed E-state index contributed by atoms with van der Waals surface area (Å²) in [6, 6.07) is 82.6. The molecular formula is C58H37NS. The van der Waals surface area contributed by atoms with E-state index in [-0.39, 0.29) is 0 Å². The minimum Gasteiger partial charge on any atom is -0.310 e. The van der Waals surface area contributed by atoms with Crippen LogP contribution in [0.5, 0.6) is 0 Å². The number of hydrogen-bond acceptors (Lipinski definition) is 2. The second kappa shape index (κ2) is 14.1. The summed E-state index contributed by atoms with van der Waals surface area (Å²) < 4.78 is 2.65. The van der Waals surface area contributed by atoms with Crippen LogP contribution >= 0.6 is 11.3 Å². The number of nitrogens with zero attached hydrogens (tertiary/aromatic N) is 1. The molecule has 0 atom stereocenters. The van der Waals surface area contributed by atoms with Gasteiger partial charge in [0, 0.05) is 37.2 Å². The molecule has 1 nitrogen and oxygen atoms in total. The van der Waals surface area contributed by atoms with Crippen molar-refractivity contribution in [2.75, 3.05) is 4.90 Å². The molecule has 0 fully saturated rings. The van der Waals surface area contributed by atoms with E-state index in [1.807, 2.05) is 11.3 Å². The molecule has 12 rings (SSSR count). The minimum absolute atomic E-state index is 1.10. The topological polar surface area (TPSA) is 3.24 Å². The van der Waals surface area contributed by atoms with Crippen LogP contribution in [0.3, 0.4) is 0 Å². The van der Waals surface area contributed by atoms with Gasteiger partial charge in [-0.15, -0.1) is 11.3 Å². The van der Waals surface area contributed by atoms with Gasteiger partial charge in [0.2, 0.25) is 0 Å². The van der Waals surface area contributed by atoms with Gasteiger partial charge in [0.05, 0.1) is 0 Å². The van der Waals surface area contributed by atoms with Gasteiger partial charge < -0.3 is 4.90 Å². The Bertz CT molecular complexity index is 3450. The smallest absolute Gasteiger partial charge is 0.0467 e. The van der Waals surface area contributed by atoms with Crippen LogP contribution in [0.1, 0.15) is 0 Å². The van der Waals surface area contributed by atoms with Gasteiger partial charge in [0.15, 0.2) is 0 Å². The lowest BCUT2D eigenvalue weighted by Crippen LogP contribution is -2.10. The summed E-state index contributed by atoms with van der Waals surface area (Å²) in [5.41, 5.74) is 10.6. The average molecular weight is 780 g/mol. The highest BCUT2D eigenvalue weighted by molar-refractivity contribution is 7.25. The molecule has 0 unspecified atom stereocenters. The second-order valence-corrected chi connectivity index (χ2v) is 16.8. The van der Waals surface area contributed by atoms with Crippen LogP contribution in [0, 0.1) is 0 Å². The van der Waals surface area contributed by atoms with Crippen molar-refractivity contribution in [1.82, 2.24) is 0 Å². The molecule has 2 heteroatoms. The quantitative estimate of drug-likeness (QED) is 0.152. The lowest BCUT2D eigenvalue weighted by atomic mass is 9.92. The normalized spacial score (nSPS) is 11.7. The van der Waals surface area contributed by atoms with Crippen LogP contribution in [0.15, 0.2) is 224 Å². The Morgan fingerprint density at radius 3 is 1.30 bits per heavy atom. The highest BCUT2D eigenvalue weighted by Gasteiger charge is 2.18. The van der Waals surface area contributed by atoms with Crippen molar-refractivity contribution in [2.24, 2.45) is 0 Å². The summed E-state index contributed by atoms with van der Waals surface area (Å²) >= 11 is 1.86. The largest absolute Gasteiger partial charge is 0.310 e. The van der Waals surface area contributed by atoms with Gasteiger partial charge in [0.1, 0.15) is 0 Å². The summed E-state index contributed by atoms with van der Waals surface area (Å²) in [5, 5.41) is 12.7. The Kier molecular flexibility index (Phi) is 8.11. The van der Waals surface area contributed by atoms with Crippen molar-refractivity contribution in [2.45, 2.75) is 0 Å². The van der Waals surface area contributed by atoms with Crippen molar-refractivity contribution >= 4 is 91.7 Å². The zero-order chi connectivity index (χ0) is 39.6. The van der Waals surface area contributed by atoms with E-state index in [1.165, 1.54) is 96.6 Å². The molecule has 0 aliphatic heterocycles. The third-order valence-corrected chi connectivity index (χ3v) is 13.4. The van der Waals surface area contributed by atoms with E-state index in [1.54, 1.807) is 0 Å². The Labute approximate surface area is 352 Å². The second-order valence-electron chi connectivity index (χ2n) is 15.7. The highest BCUT2D eigenvalue weighted by atomic mass is 32.1. The minimum atomic E-state index is 1.10. The third kappa shape index (κ3) is 5.76. The van der Waals surface area contributed by atoms with Gasteiger partial charge in [-0.3, -0.25) is 0 Å². The molecule has 1 heterocycles. The first-order chi connectivity index (χ1) is 29.7. The highest BCUT2D eigenvalue weighted by Crippen LogP contribution is 2.43. The van der Waals surface area contributed by atoms with E-state index in [2.05, 4.69) is 229 Å². The van der Waals surface area contributed by atoms with Gasteiger partial charge in [-0.1, -0.05) is 158 Å². The van der Waals surface area contributed by atoms with Crippen molar-refractivity contribution in [3.8, 4) is 33.4 Å². The maximum atomic E-state index is 2.42. The molecule has 0 radical (unpaired) electrons. The third-order valence-electron chi connectivity index (χ3n) is 12.2. The summed E-state index contributed by atoms with van der Waals surface area (Å²) in [6.45, 7) is 0.